The average Bonchev–Trinajstić information content (AvgIpc) is 2.94. The summed E-state index contributed by atoms with van der Waals surface area (Å²) in [4.78, 5) is 16.1. The fourth-order valence-corrected chi connectivity index (χ4v) is 2.41. The number of carboxylic acids is 1. The van der Waals surface area contributed by atoms with Crippen LogP contribution in [-0.2, 0) is 13.0 Å². The van der Waals surface area contributed by atoms with Gasteiger partial charge in [0.1, 0.15) is 4.88 Å². The molecule has 0 bridgehead atoms. The van der Waals surface area contributed by atoms with E-state index >= 15 is 0 Å². The Morgan fingerprint density at radius 2 is 2.44 bits per heavy atom. The molecular weight excluding hydrogens is 254 g/mol. The minimum Gasteiger partial charge on any atom is -0.477 e. The van der Waals surface area contributed by atoms with E-state index in [1.54, 1.807) is 6.07 Å². The summed E-state index contributed by atoms with van der Waals surface area (Å²) in [7, 11) is 0. The van der Waals surface area contributed by atoms with Gasteiger partial charge in [0.2, 0.25) is 6.39 Å². The van der Waals surface area contributed by atoms with Crippen LogP contribution in [0, 0.1) is 6.92 Å². The second-order valence-corrected chi connectivity index (χ2v) is 5.03. The van der Waals surface area contributed by atoms with E-state index in [1.165, 1.54) is 17.7 Å². The van der Waals surface area contributed by atoms with Gasteiger partial charge in [-0.2, -0.15) is 4.98 Å². The smallest absolute Gasteiger partial charge is 0.345 e. The first-order valence-electron chi connectivity index (χ1n) is 5.45. The van der Waals surface area contributed by atoms with Crippen LogP contribution in [0.1, 0.15) is 25.9 Å². The zero-order chi connectivity index (χ0) is 13.0. The molecule has 0 atom stereocenters. The fraction of sp³-hybridized carbons (Fsp3) is 0.364. The number of rotatable bonds is 6. The first kappa shape index (κ1) is 12.7. The lowest BCUT2D eigenvalue weighted by atomic mass is 10.2. The second kappa shape index (κ2) is 5.74. The van der Waals surface area contributed by atoms with Gasteiger partial charge in [-0.25, -0.2) is 4.79 Å². The molecule has 0 unspecified atom stereocenters. The highest BCUT2D eigenvalue weighted by Gasteiger charge is 2.10. The van der Waals surface area contributed by atoms with Crippen LogP contribution in [0.4, 0.5) is 0 Å². The van der Waals surface area contributed by atoms with Crippen LogP contribution in [0.3, 0.4) is 0 Å². The Morgan fingerprint density at radius 1 is 1.61 bits per heavy atom. The molecule has 7 heteroatoms. The third-order valence-electron chi connectivity index (χ3n) is 2.48. The van der Waals surface area contributed by atoms with Gasteiger partial charge in [0.15, 0.2) is 5.82 Å². The van der Waals surface area contributed by atoms with E-state index < -0.39 is 5.97 Å². The van der Waals surface area contributed by atoms with Crippen molar-refractivity contribution in [3.63, 3.8) is 0 Å². The van der Waals surface area contributed by atoms with Crippen molar-refractivity contribution in [3.05, 3.63) is 33.6 Å². The molecule has 0 aromatic carbocycles. The molecule has 0 aliphatic carbocycles. The molecule has 0 fully saturated rings. The van der Waals surface area contributed by atoms with Crippen LogP contribution in [0.15, 0.2) is 17.0 Å². The normalized spacial score (nSPS) is 10.7. The number of aryl methyl sites for hydroxylation is 1. The van der Waals surface area contributed by atoms with E-state index in [1.807, 2.05) is 6.92 Å². The lowest BCUT2D eigenvalue weighted by Crippen LogP contribution is -2.17. The third-order valence-corrected chi connectivity index (χ3v) is 3.56. The van der Waals surface area contributed by atoms with E-state index in [-0.39, 0.29) is 0 Å². The molecule has 2 heterocycles. The van der Waals surface area contributed by atoms with Gasteiger partial charge in [-0.3, -0.25) is 0 Å². The Bertz CT molecular complexity index is 522. The molecule has 2 N–H and O–H groups in total. The maximum absolute atomic E-state index is 10.8. The van der Waals surface area contributed by atoms with Gasteiger partial charge < -0.3 is 14.9 Å². The number of carbonyl (C=O) groups is 1. The molecule has 0 spiro atoms. The van der Waals surface area contributed by atoms with Crippen LogP contribution >= 0.6 is 11.3 Å². The molecule has 2 rings (SSSR count). The molecule has 0 amide bonds. The lowest BCUT2D eigenvalue weighted by molar-refractivity contribution is 0.0702. The van der Waals surface area contributed by atoms with Crippen LogP contribution in [0.5, 0.6) is 0 Å². The zero-order valence-electron chi connectivity index (χ0n) is 9.84. The maximum atomic E-state index is 10.8. The summed E-state index contributed by atoms with van der Waals surface area (Å²) in [6.45, 7) is 3.29. The fourth-order valence-electron chi connectivity index (χ4n) is 1.53. The molecule has 6 nitrogen and oxygen atoms in total. The number of aromatic carboxylic acids is 1. The molecule has 18 heavy (non-hydrogen) atoms. The van der Waals surface area contributed by atoms with Crippen molar-refractivity contribution in [3.8, 4) is 0 Å². The molecule has 96 valence electrons. The van der Waals surface area contributed by atoms with Gasteiger partial charge in [0, 0.05) is 24.4 Å². The number of hydrogen-bond donors (Lipinski definition) is 2. The monoisotopic (exact) mass is 267 g/mol. The van der Waals surface area contributed by atoms with Crippen LogP contribution in [0.25, 0.3) is 0 Å². The van der Waals surface area contributed by atoms with Crippen molar-refractivity contribution >= 4 is 17.3 Å². The van der Waals surface area contributed by atoms with Crippen molar-refractivity contribution in [1.29, 1.82) is 0 Å². The summed E-state index contributed by atoms with van der Waals surface area (Å²) in [6, 6.07) is 1.71. The predicted octanol–water partition coefficient (Wildman–Crippen LogP) is 1.47. The molecule has 2 aromatic heterocycles. The highest BCUT2D eigenvalue weighted by atomic mass is 32.1. The van der Waals surface area contributed by atoms with Crippen molar-refractivity contribution in [2.75, 3.05) is 6.54 Å². The standard InChI is InChI=1S/C11H13N3O3S/c1-7-8(4-9(18-7)11(15)16)5-12-3-2-10-13-6-17-14-10/h4,6,12H,2-3,5H2,1H3,(H,15,16). The van der Waals surface area contributed by atoms with E-state index in [4.69, 9.17) is 5.11 Å². The zero-order valence-corrected chi connectivity index (χ0v) is 10.7. The first-order chi connectivity index (χ1) is 8.66. The molecule has 0 saturated heterocycles. The molecule has 0 saturated carbocycles. The number of thiophene rings is 1. The van der Waals surface area contributed by atoms with Crippen molar-refractivity contribution in [2.45, 2.75) is 19.9 Å². The van der Waals surface area contributed by atoms with Crippen LogP contribution in [0.2, 0.25) is 0 Å². The Labute approximate surface area is 108 Å². The number of carboxylic acid groups (broad SMARTS) is 1. The maximum Gasteiger partial charge on any atom is 0.345 e. The molecule has 2 aromatic rings. The third kappa shape index (κ3) is 3.14. The molecule has 0 radical (unpaired) electrons. The van der Waals surface area contributed by atoms with E-state index in [0.29, 0.717) is 23.7 Å². The largest absolute Gasteiger partial charge is 0.477 e. The van der Waals surface area contributed by atoms with E-state index in [9.17, 15) is 4.79 Å². The first-order valence-corrected chi connectivity index (χ1v) is 6.27. The number of nitrogens with zero attached hydrogens (tertiary/aromatic N) is 2. The van der Waals surface area contributed by atoms with E-state index in [0.717, 1.165) is 17.0 Å². The summed E-state index contributed by atoms with van der Waals surface area (Å²) < 4.78 is 4.63. The minimum absolute atomic E-state index is 0.377. The topological polar surface area (TPSA) is 88.2 Å². The summed E-state index contributed by atoms with van der Waals surface area (Å²) in [5.41, 5.74) is 1.02. The van der Waals surface area contributed by atoms with Gasteiger partial charge in [-0.15, -0.1) is 11.3 Å². The predicted molar refractivity (Wildman–Crippen MR) is 65.7 cm³/mol. The van der Waals surface area contributed by atoms with Gasteiger partial charge in [-0.05, 0) is 18.6 Å². The van der Waals surface area contributed by atoms with Crippen LogP contribution < -0.4 is 5.32 Å². The van der Waals surface area contributed by atoms with E-state index in [2.05, 4.69) is 20.0 Å². The van der Waals surface area contributed by atoms with Crippen molar-refractivity contribution in [2.24, 2.45) is 0 Å². The summed E-state index contributed by atoms with van der Waals surface area (Å²) >= 11 is 1.30. The van der Waals surface area contributed by atoms with Gasteiger partial charge in [0.25, 0.3) is 0 Å². The SMILES string of the molecule is Cc1sc(C(=O)O)cc1CNCCc1ncon1. The molecular formula is C11H13N3O3S. The minimum atomic E-state index is -0.874. The Balaban J connectivity index is 1.81. The Morgan fingerprint density at radius 3 is 3.06 bits per heavy atom. The highest BCUT2D eigenvalue weighted by Crippen LogP contribution is 2.21. The summed E-state index contributed by atoms with van der Waals surface area (Å²) in [6.07, 6.45) is 1.99. The van der Waals surface area contributed by atoms with Crippen molar-refractivity contribution in [1.82, 2.24) is 15.5 Å². The Hall–Kier alpha value is -1.73. The average molecular weight is 267 g/mol. The van der Waals surface area contributed by atoms with Gasteiger partial charge in [0.05, 0.1) is 0 Å². The van der Waals surface area contributed by atoms with Crippen LogP contribution in [-0.4, -0.2) is 27.8 Å². The molecule has 0 aliphatic rings. The number of hydrogen-bond acceptors (Lipinski definition) is 6. The quantitative estimate of drug-likeness (QED) is 0.770. The number of nitrogens with one attached hydrogen (secondary N) is 1. The molecule has 0 aliphatic heterocycles. The van der Waals surface area contributed by atoms with Crippen molar-refractivity contribution < 1.29 is 14.4 Å². The summed E-state index contributed by atoms with van der Waals surface area (Å²) in [5.74, 6) is -0.211. The summed E-state index contributed by atoms with van der Waals surface area (Å²) in [5, 5.41) is 15.8. The van der Waals surface area contributed by atoms with Gasteiger partial charge >= 0.3 is 5.97 Å². The van der Waals surface area contributed by atoms with Gasteiger partial charge in [-0.1, -0.05) is 5.16 Å². The second-order valence-electron chi connectivity index (χ2n) is 3.77. The number of aromatic nitrogens is 2. The lowest BCUT2D eigenvalue weighted by Gasteiger charge is -2.01. The highest BCUT2D eigenvalue weighted by molar-refractivity contribution is 7.14. The Kier molecular flexibility index (Phi) is 4.06.